The van der Waals surface area contributed by atoms with E-state index in [1.807, 2.05) is 80.5 Å². The first-order valence-electron chi connectivity index (χ1n) is 11.6. The molecule has 0 aliphatic carbocycles. The first-order chi connectivity index (χ1) is 17.3. The van der Waals surface area contributed by atoms with E-state index in [4.69, 9.17) is 9.47 Å². The van der Waals surface area contributed by atoms with E-state index in [-0.39, 0.29) is 17.9 Å². The third-order valence-corrected chi connectivity index (χ3v) is 6.41. The molecule has 36 heavy (non-hydrogen) atoms. The van der Waals surface area contributed by atoms with Crippen LogP contribution in [0.5, 0.6) is 11.5 Å². The van der Waals surface area contributed by atoms with Crippen LogP contribution in [0, 0.1) is 6.92 Å². The van der Waals surface area contributed by atoms with Crippen LogP contribution < -0.4 is 14.4 Å². The molecule has 0 aromatic heterocycles. The Bertz CT molecular complexity index is 1330. The van der Waals surface area contributed by atoms with Gasteiger partial charge in [0.15, 0.2) is 0 Å². The van der Waals surface area contributed by atoms with E-state index in [2.05, 4.69) is 0 Å². The standard InChI is InChI=1S/C29H30N2O5/c1-18-10-15-24(36-5)22(16-18)27(32)25-26(19-11-13-21(14-12-19)30(2)3)31(29(34)28(25)33)17-20-8-6-7-9-23(20)35-4/h6-16,26,32H,17H2,1-5H3/b27-25+. The Hall–Kier alpha value is -4.26. The van der Waals surface area contributed by atoms with Gasteiger partial charge in [0.1, 0.15) is 17.3 Å². The van der Waals surface area contributed by atoms with Crippen molar-refractivity contribution < 1.29 is 24.2 Å². The molecule has 1 fully saturated rings. The van der Waals surface area contributed by atoms with Crippen LogP contribution in [0.25, 0.3) is 5.76 Å². The molecular weight excluding hydrogens is 456 g/mol. The van der Waals surface area contributed by atoms with E-state index in [1.54, 1.807) is 19.2 Å². The summed E-state index contributed by atoms with van der Waals surface area (Å²) in [5, 5.41) is 11.5. The Morgan fingerprint density at radius 1 is 0.944 bits per heavy atom. The van der Waals surface area contributed by atoms with Crippen LogP contribution in [0.4, 0.5) is 5.69 Å². The SMILES string of the molecule is COc1ccccc1CN1C(=O)C(=O)/C(=C(/O)c2cc(C)ccc2OC)C1c1ccc(N(C)C)cc1. The summed E-state index contributed by atoms with van der Waals surface area (Å²) in [7, 11) is 6.94. The molecule has 1 aliphatic rings. The molecule has 1 atom stereocenters. The van der Waals surface area contributed by atoms with Crippen molar-refractivity contribution in [1.29, 1.82) is 0 Å². The number of methoxy groups -OCH3 is 2. The number of benzene rings is 3. The fourth-order valence-corrected chi connectivity index (χ4v) is 4.51. The summed E-state index contributed by atoms with van der Waals surface area (Å²) in [4.78, 5) is 30.3. The maximum absolute atomic E-state index is 13.4. The minimum atomic E-state index is -0.795. The molecule has 3 aromatic carbocycles. The molecule has 0 saturated carbocycles. The van der Waals surface area contributed by atoms with Crippen LogP contribution in [0.1, 0.15) is 28.3 Å². The number of para-hydroxylation sites is 1. The smallest absolute Gasteiger partial charge is 0.295 e. The first-order valence-corrected chi connectivity index (χ1v) is 11.6. The van der Waals surface area contributed by atoms with Gasteiger partial charge >= 0.3 is 0 Å². The van der Waals surface area contributed by atoms with E-state index in [9.17, 15) is 14.7 Å². The normalized spacial score (nSPS) is 16.8. The molecule has 0 bridgehead atoms. The predicted octanol–water partition coefficient (Wildman–Crippen LogP) is 4.70. The zero-order valence-corrected chi connectivity index (χ0v) is 21.1. The number of likely N-dealkylation sites (tertiary alicyclic amines) is 1. The van der Waals surface area contributed by atoms with E-state index in [0.29, 0.717) is 22.6 Å². The number of rotatable bonds is 7. The second kappa shape index (κ2) is 10.2. The van der Waals surface area contributed by atoms with Crippen LogP contribution in [0.15, 0.2) is 72.3 Å². The monoisotopic (exact) mass is 486 g/mol. The third kappa shape index (κ3) is 4.52. The second-order valence-corrected chi connectivity index (χ2v) is 8.93. The number of ether oxygens (including phenoxy) is 2. The van der Waals surface area contributed by atoms with E-state index in [0.717, 1.165) is 16.8 Å². The molecule has 1 heterocycles. The Morgan fingerprint density at radius 2 is 1.61 bits per heavy atom. The number of Topliss-reactive ketones (excluding diaryl/α,β-unsaturated/α-hetero) is 1. The van der Waals surface area contributed by atoms with E-state index >= 15 is 0 Å². The number of aryl methyl sites for hydroxylation is 1. The Labute approximate surface area is 211 Å². The molecular formula is C29H30N2O5. The van der Waals surface area contributed by atoms with Crippen molar-refractivity contribution in [1.82, 2.24) is 4.90 Å². The summed E-state index contributed by atoms with van der Waals surface area (Å²) >= 11 is 0. The number of hydrogen-bond donors (Lipinski definition) is 1. The number of anilines is 1. The number of hydrogen-bond acceptors (Lipinski definition) is 6. The van der Waals surface area contributed by atoms with Crippen molar-refractivity contribution in [3.8, 4) is 11.5 Å². The van der Waals surface area contributed by atoms with Crippen LogP contribution in [0.3, 0.4) is 0 Å². The number of ketones is 1. The van der Waals surface area contributed by atoms with Gasteiger partial charge in [-0.1, -0.05) is 42.0 Å². The molecule has 3 aromatic rings. The molecule has 1 unspecified atom stereocenters. The van der Waals surface area contributed by atoms with Crippen molar-refractivity contribution in [2.75, 3.05) is 33.2 Å². The number of aliphatic hydroxyl groups is 1. The molecule has 7 heteroatoms. The highest BCUT2D eigenvalue weighted by Crippen LogP contribution is 2.42. The Balaban J connectivity index is 1.91. The quantitative estimate of drug-likeness (QED) is 0.296. The number of carbonyl (C=O) groups is 2. The van der Waals surface area contributed by atoms with Crippen molar-refractivity contribution in [2.45, 2.75) is 19.5 Å². The van der Waals surface area contributed by atoms with Gasteiger partial charge in [0.25, 0.3) is 11.7 Å². The summed E-state index contributed by atoms with van der Waals surface area (Å²) in [6, 6.07) is 19.5. The zero-order valence-electron chi connectivity index (χ0n) is 21.1. The van der Waals surface area contributed by atoms with Gasteiger partial charge < -0.3 is 24.4 Å². The molecule has 1 N–H and O–H groups in total. The highest BCUT2D eigenvalue weighted by molar-refractivity contribution is 6.46. The zero-order chi connectivity index (χ0) is 26.0. The van der Waals surface area contributed by atoms with Crippen molar-refractivity contribution in [3.63, 3.8) is 0 Å². The fraction of sp³-hybridized carbons (Fsp3) is 0.241. The van der Waals surface area contributed by atoms with Crippen molar-refractivity contribution >= 4 is 23.1 Å². The van der Waals surface area contributed by atoms with Gasteiger partial charge in [-0.25, -0.2) is 0 Å². The van der Waals surface area contributed by atoms with Crippen LogP contribution >= 0.6 is 0 Å². The topological polar surface area (TPSA) is 79.3 Å². The van der Waals surface area contributed by atoms with Gasteiger partial charge in [-0.15, -0.1) is 0 Å². The van der Waals surface area contributed by atoms with Gasteiger partial charge in [-0.2, -0.15) is 0 Å². The lowest BCUT2D eigenvalue weighted by atomic mass is 9.94. The van der Waals surface area contributed by atoms with Crippen LogP contribution in [-0.4, -0.2) is 50.0 Å². The predicted molar refractivity (Wildman–Crippen MR) is 139 cm³/mol. The summed E-state index contributed by atoms with van der Waals surface area (Å²) < 4.78 is 10.9. The molecule has 4 rings (SSSR count). The second-order valence-electron chi connectivity index (χ2n) is 8.93. The average Bonchev–Trinajstić information content (AvgIpc) is 3.13. The third-order valence-electron chi connectivity index (χ3n) is 6.41. The van der Waals surface area contributed by atoms with Crippen LogP contribution in [0.2, 0.25) is 0 Å². The highest BCUT2D eigenvalue weighted by Gasteiger charge is 2.46. The Morgan fingerprint density at radius 3 is 2.25 bits per heavy atom. The summed E-state index contributed by atoms with van der Waals surface area (Å²) in [6.07, 6.45) is 0. The maximum atomic E-state index is 13.4. The molecule has 1 amide bonds. The number of aliphatic hydroxyl groups excluding tert-OH is 1. The lowest BCUT2D eigenvalue weighted by Gasteiger charge is -2.26. The lowest BCUT2D eigenvalue weighted by Crippen LogP contribution is -2.29. The average molecular weight is 487 g/mol. The summed E-state index contributed by atoms with van der Waals surface area (Å²) in [6.45, 7) is 2.02. The maximum Gasteiger partial charge on any atom is 0.295 e. The van der Waals surface area contributed by atoms with Crippen molar-refractivity contribution in [3.05, 3.63) is 94.6 Å². The molecule has 7 nitrogen and oxygen atoms in total. The van der Waals surface area contributed by atoms with Gasteiger partial charge in [-0.05, 0) is 42.8 Å². The van der Waals surface area contributed by atoms with Gasteiger partial charge in [-0.3, -0.25) is 9.59 Å². The summed E-state index contributed by atoms with van der Waals surface area (Å²) in [5.74, 6) is -0.668. The molecule has 186 valence electrons. The van der Waals surface area contributed by atoms with Gasteiger partial charge in [0.2, 0.25) is 0 Å². The number of carbonyl (C=O) groups excluding carboxylic acids is 2. The van der Waals surface area contributed by atoms with Gasteiger partial charge in [0, 0.05) is 25.3 Å². The molecule has 1 saturated heterocycles. The molecule has 0 radical (unpaired) electrons. The minimum Gasteiger partial charge on any atom is -0.507 e. The van der Waals surface area contributed by atoms with Crippen molar-refractivity contribution in [2.24, 2.45) is 0 Å². The molecule has 0 spiro atoms. The first kappa shape index (κ1) is 24.9. The Kier molecular flexibility index (Phi) is 7.01. The molecule has 1 aliphatic heterocycles. The lowest BCUT2D eigenvalue weighted by molar-refractivity contribution is -0.140. The van der Waals surface area contributed by atoms with E-state index in [1.165, 1.54) is 12.0 Å². The highest BCUT2D eigenvalue weighted by atomic mass is 16.5. The minimum absolute atomic E-state index is 0.0244. The van der Waals surface area contributed by atoms with Crippen LogP contribution in [-0.2, 0) is 16.1 Å². The summed E-state index contributed by atoms with van der Waals surface area (Å²) in [5.41, 5.74) is 3.71. The largest absolute Gasteiger partial charge is 0.507 e. The van der Waals surface area contributed by atoms with Gasteiger partial charge in [0.05, 0.1) is 37.9 Å². The van der Waals surface area contributed by atoms with E-state index < -0.39 is 17.7 Å². The fourth-order valence-electron chi connectivity index (χ4n) is 4.51. The number of amides is 1. The number of nitrogens with zero attached hydrogens (tertiary/aromatic N) is 2.